The normalized spacial score (nSPS) is 12.9. The van der Waals surface area contributed by atoms with Crippen molar-refractivity contribution in [2.45, 2.75) is 19.4 Å². The SMILES string of the molecule is C[C@H](Cc1ccccc1)NI. The van der Waals surface area contributed by atoms with Gasteiger partial charge in [-0.1, -0.05) is 30.3 Å². The summed E-state index contributed by atoms with van der Waals surface area (Å²) >= 11 is 2.19. The van der Waals surface area contributed by atoms with E-state index in [4.69, 9.17) is 0 Å². The van der Waals surface area contributed by atoms with E-state index in [0.717, 1.165) is 6.42 Å². The second-order valence-corrected chi connectivity index (χ2v) is 3.32. The van der Waals surface area contributed by atoms with Crippen molar-refractivity contribution in [3.63, 3.8) is 0 Å². The maximum absolute atomic E-state index is 3.18. The topological polar surface area (TPSA) is 12.0 Å². The van der Waals surface area contributed by atoms with Gasteiger partial charge >= 0.3 is 0 Å². The quantitative estimate of drug-likeness (QED) is 0.651. The van der Waals surface area contributed by atoms with E-state index in [0.29, 0.717) is 6.04 Å². The minimum absolute atomic E-state index is 0.554. The van der Waals surface area contributed by atoms with Gasteiger partial charge in [-0.25, -0.2) is 0 Å². The van der Waals surface area contributed by atoms with Crippen LogP contribution >= 0.6 is 22.9 Å². The number of benzene rings is 1. The monoisotopic (exact) mass is 261 g/mol. The Morgan fingerprint density at radius 1 is 1.36 bits per heavy atom. The Hall–Kier alpha value is -0.0900. The van der Waals surface area contributed by atoms with Gasteiger partial charge in [0.1, 0.15) is 0 Å². The molecule has 11 heavy (non-hydrogen) atoms. The van der Waals surface area contributed by atoms with Gasteiger partial charge in [-0.15, -0.1) is 0 Å². The molecule has 1 aromatic carbocycles. The molecular formula is C9H12IN. The lowest BCUT2D eigenvalue weighted by Gasteiger charge is -2.07. The molecule has 0 aliphatic carbocycles. The summed E-state index contributed by atoms with van der Waals surface area (Å²) in [4.78, 5) is 0. The molecule has 0 amide bonds. The molecule has 0 fully saturated rings. The van der Waals surface area contributed by atoms with E-state index in [-0.39, 0.29) is 0 Å². The molecule has 0 heterocycles. The van der Waals surface area contributed by atoms with Crippen LogP contribution < -0.4 is 3.53 Å². The van der Waals surface area contributed by atoms with Crippen LogP contribution in [-0.4, -0.2) is 6.04 Å². The Morgan fingerprint density at radius 3 is 2.55 bits per heavy atom. The largest absolute Gasteiger partial charge is 0.258 e. The molecule has 1 nitrogen and oxygen atoms in total. The fourth-order valence-corrected chi connectivity index (χ4v) is 1.23. The first-order valence-electron chi connectivity index (χ1n) is 3.73. The minimum Gasteiger partial charge on any atom is -0.258 e. The Kier molecular flexibility index (Phi) is 3.86. The van der Waals surface area contributed by atoms with Gasteiger partial charge in [-0.3, -0.25) is 3.53 Å². The molecule has 1 atom stereocenters. The van der Waals surface area contributed by atoms with Crippen molar-refractivity contribution >= 4 is 22.9 Å². The highest BCUT2D eigenvalue weighted by Gasteiger charge is 1.98. The van der Waals surface area contributed by atoms with Gasteiger partial charge in [-0.2, -0.15) is 0 Å². The van der Waals surface area contributed by atoms with Crippen LogP contribution in [-0.2, 0) is 6.42 Å². The van der Waals surface area contributed by atoms with Crippen molar-refractivity contribution in [2.24, 2.45) is 0 Å². The van der Waals surface area contributed by atoms with Gasteiger partial charge in [0, 0.05) is 28.9 Å². The third-order valence-electron chi connectivity index (χ3n) is 1.57. The van der Waals surface area contributed by atoms with Crippen molar-refractivity contribution in [3.8, 4) is 0 Å². The number of hydrogen-bond donors (Lipinski definition) is 1. The highest BCUT2D eigenvalue weighted by molar-refractivity contribution is 14.1. The van der Waals surface area contributed by atoms with E-state index in [9.17, 15) is 0 Å². The van der Waals surface area contributed by atoms with Crippen LogP contribution in [0.5, 0.6) is 0 Å². The second-order valence-electron chi connectivity index (χ2n) is 2.70. The van der Waals surface area contributed by atoms with E-state index < -0.39 is 0 Å². The molecule has 0 aliphatic rings. The molecule has 0 spiro atoms. The molecule has 0 unspecified atom stereocenters. The van der Waals surface area contributed by atoms with Crippen LogP contribution in [0, 0.1) is 0 Å². The number of hydrogen-bond acceptors (Lipinski definition) is 1. The smallest absolute Gasteiger partial charge is 0.0175 e. The molecule has 1 N–H and O–H groups in total. The zero-order valence-electron chi connectivity index (χ0n) is 6.55. The van der Waals surface area contributed by atoms with Crippen LogP contribution in [0.2, 0.25) is 0 Å². The maximum atomic E-state index is 3.18. The summed E-state index contributed by atoms with van der Waals surface area (Å²) < 4.78 is 3.18. The molecular weight excluding hydrogens is 249 g/mol. The Labute approximate surface area is 81.7 Å². The second kappa shape index (κ2) is 4.72. The average Bonchev–Trinajstić information content (AvgIpc) is 2.06. The van der Waals surface area contributed by atoms with Crippen LogP contribution in [0.25, 0.3) is 0 Å². The van der Waals surface area contributed by atoms with E-state index >= 15 is 0 Å². The van der Waals surface area contributed by atoms with Crippen LogP contribution in [0.15, 0.2) is 30.3 Å². The molecule has 0 bridgehead atoms. The zero-order valence-corrected chi connectivity index (χ0v) is 8.71. The maximum Gasteiger partial charge on any atom is 0.0175 e. The summed E-state index contributed by atoms with van der Waals surface area (Å²) in [5.74, 6) is 0. The first-order chi connectivity index (χ1) is 5.33. The summed E-state index contributed by atoms with van der Waals surface area (Å²) in [6, 6.07) is 11.1. The molecule has 0 radical (unpaired) electrons. The predicted octanol–water partition coefficient (Wildman–Crippen LogP) is 2.56. The van der Waals surface area contributed by atoms with Crippen molar-refractivity contribution < 1.29 is 0 Å². The molecule has 0 aliphatic heterocycles. The Balaban J connectivity index is 2.51. The van der Waals surface area contributed by atoms with Gasteiger partial charge in [0.15, 0.2) is 0 Å². The van der Waals surface area contributed by atoms with Crippen molar-refractivity contribution in [1.82, 2.24) is 3.53 Å². The lowest BCUT2D eigenvalue weighted by atomic mass is 10.1. The summed E-state index contributed by atoms with van der Waals surface area (Å²) in [6.45, 7) is 2.18. The summed E-state index contributed by atoms with van der Waals surface area (Å²) in [5, 5.41) is 0. The van der Waals surface area contributed by atoms with Crippen LogP contribution in [0.4, 0.5) is 0 Å². The van der Waals surface area contributed by atoms with Gasteiger partial charge in [0.05, 0.1) is 0 Å². The molecule has 0 saturated carbocycles. The Morgan fingerprint density at radius 2 is 2.00 bits per heavy atom. The third-order valence-corrected chi connectivity index (χ3v) is 2.63. The fourth-order valence-electron chi connectivity index (χ4n) is 1.01. The first-order valence-corrected chi connectivity index (χ1v) is 4.81. The molecule has 2 heteroatoms. The molecule has 1 aromatic rings. The molecule has 0 saturated heterocycles. The highest BCUT2D eigenvalue weighted by Crippen LogP contribution is 2.02. The number of nitrogens with one attached hydrogen (secondary N) is 1. The van der Waals surface area contributed by atoms with Crippen LogP contribution in [0.1, 0.15) is 12.5 Å². The zero-order chi connectivity index (χ0) is 8.10. The summed E-state index contributed by atoms with van der Waals surface area (Å²) in [5.41, 5.74) is 1.39. The minimum atomic E-state index is 0.554. The third kappa shape index (κ3) is 3.20. The Bertz CT molecular complexity index is 198. The lowest BCUT2D eigenvalue weighted by molar-refractivity contribution is 0.707. The van der Waals surface area contributed by atoms with Gasteiger partial charge < -0.3 is 0 Å². The molecule has 1 rings (SSSR count). The van der Waals surface area contributed by atoms with E-state index in [1.54, 1.807) is 0 Å². The first kappa shape index (κ1) is 9.00. The van der Waals surface area contributed by atoms with E-state index in [2.05, 4.69) is 57.6 Å². The number of halogens is 1. The van der Waals surface area contributed by atoms with E-state index in [1.807, 2.05) is 6.07 Å². The van der Waals surface area contributed by atoms with Crippen molar-refractivity contribution in [3.05, 3.63) is 35.9 Å². The fraction of sp³-hybridized carbons (Fsp3) is 0.333. The van der Waals surface area contributed by atoms with Crippen molar-refractivity contribution in [1.29, 1.82) is 0 Å². The van der Waals surface area contributed by atoms with Gasteiger partial charge in [0.25, 0.3) is 0 Å². The predicted molar refractivity (Wildman–Crippen MR) is 56.8 cm³/mol. The van der Waals surface area contributed by atoms with Crippen LogP contribution in [0.3, 0.4) is 0 Å². The molecule has 0 aromatic heterocycles. The summed E-state index contributed by atoms with van der Waals surface area (Å²) in [6.07, 6.45) is 1.10. The average molecular weight is 261 g/mol. The number of rotatable bonds is 3. The van der Waals surface area contributed by atoms with Gasteiger partial charge in [0.2, 0.25) is 0 Å². The highest BCUT2D eigenvalue weighted by atomic mass is 127. The standard InChI is InChI=1S/C9H12IN/c1-8(11-10)7-9-5-3-2-4-6-9/h2-6,8,11H,7H2,1H3/t8-/m1/s1. The van der Waals surface area contributed by atoms with Gasteiger partial charge in [-0.05, 0) is 18.9 Å². The lowest BCUT2D eigenvalue weighted by Crippen LogP contribution is -2.17. The summed E-state index contributed by atoms with van der Waals surface area (Å²) in [7, 11) is 0. The molecule has 60 valence electrons. The van der Waals surface area contributed by atoms with Crippen molar-refractivity contribution in [2.75, 3.05) is 0 Å². The van der Waals surface area contributed by atoms with E-state index in [1.165, 1.54) is 5.56 Å².